The van der Waals surface area contributed by atoms with Gasteiger partial charge in [-0.1, -0.05) is 43.3 Å². The van der Waals surface area contributed by atoms with Crippen molar-refractivity contribution >= 4 is 0 Å². The summed E-state index contributed by atoms with van der Waals surface area (Å²) in [5.74, 6) is 0.824. The fraction of sp³-hybridized carbons (Fsp3) is 0.400. The average Bonchev–Trinajstić information content (AvgIpc) is 2.60. The Labute approximate surface area is 138 Å². The normalized spacial score (nSPS) is 15.9. The number of aliphatic hydroxyl groups is 1. The second-order valence-electron chi connectivity index (χ2n) is 6.22. The maximum atomic E-state index is 10.2. The fourth-order valence-electron chi connectivity index (χ4n) is 3.07. The van der Waals surface area contributed by atoms with Crippen LogP contribution >= 0.6 is 0 Å². The van der Waals surface area contributed by atoms with E-state index in [1.807, 2.05) is 12.1 Å². The molecule has 0 bridgehead atoms. The molecule has 23 heavy (non-hydrogen) atoms. The standard InChI is InChI=1S/C20H25NO2/c1-2-16-7-9-20(10-8-16)23-15-19(22)14-21-12-11-17-5-3-4-6-18(17)13-21/h3-10,19,22H,2,11-15H2,1H3. The Hall–Kier alpha value is -1.84. The molecule has 0 saturated heterocycles. The van der Waals surface area contributed by atoms with Gasteiger partial charge >= 0.3 is 0 Å². The molecule has 0 fully saturated rings. The van der Waals surface area contributed by atoms with Crippen LogP contribution in [0.4, 0.5) is 0 Å². The minimum atomic E-state index is -0.467. The van der Waals surface area contributed by atoms with Crippen molar-refractivity contribution in [3.63, 3.8) is 0 Å². The number of β-amino-alcohol motifs (C(OH)–C–C–N with tert-alkyl or cyclic N) is 1. The van der Waals surface area contributed by atoms with Crippen molar-refractivity contribution in [1.82, 2.24) is 4.90 Å². The van der Waals surface area contributed by atoms with Crippen LogP contribution in [0.5, 0.6) is 5.75 Å². The van der Waals surface area contributed by atoms with E-state index in [4.69, 9.17) is 4.74 Å². The van der Waals surface area contributed by atoms with E-state index in [1.54, 1.807) is 0 Å². The summed E-state index contributed by atoms with van der Waals surface area (Å²) in [6.07, 6.45) is 1.62. The first-order chi connectivity index (χ1) is 11.2. The third-order valence-corrected chi connectivity index (χ3v) is 4.45. The average molecular weight is 311 g/mol. The van der Waals surface area contributed by atoms with Crippen LogP contribution < -0.4 is 4.74 Å². The number of aryl methyl sites for hydroxylation is 1. The highest BCUT2D eigenvalue weighted by atomic mass is 16.5. The fourth-order valence-corrected chi connectivity index (χ4v) is 3.07. The first-order valence-electron chi connectivity index (χ1n) is 8.43. The molecule has 122 valence electrons. The highest BCUT2D eigenvalue weighted by Gasteiger charge is 2.18. The predicted molar refractivity (Wildman–Crippen MR) is 92.7 cm³/mol. The Kier molecular flexibility index (Phi) is 5.31. The number of rotatable bonds is 6. The maximum Gasteiger partial charge on any atom is 0.119 e. The maximum absolute atomic E-state index is 10.2. The van der Waals surface area contributed by atoms with Gasteiger partial charge in [0, 0.05) is 19.6 Å². The van der Waals surface area contributed by atoms with Crippen LogP contribution in [-0.2, 0) is 19.4 Å². The molecule has 0 spiro atoms. The van der Waals surface area contributed by atoms with Gasteiger partial charge in [0.2, 0.25) is 0 Å². The van der Waals surface area contributed by atoms with Crippen LogP contribution in [0.3, 0.4) is 0 Å². The summed E-state index contributed by atoms with van der Waals surface area (Å²) >= 11 is 0. The quantitative estimate of drug-likeness (QED) is 0.890. The molecule has 0 radical (unpaired) electrons. The van der Waals surface area contributed by atoms with E-state index in [9.17, 15) is 5.11 Å². The summed E-state index contributed by atoms with van der Waals surface area (Å²) in [4.78, 5) is 2.30. The number of nitrogens with zero attached hydrogens (tertiary/aromatic N) is 1. The third-order valence-electron chi connectivity index (χ3n) is 4.45. The third kappa shape index (κ3) is 4.34. The molecular weight excluding hydrogens is 286 g/mol. The van der Waals surface area contributed by atoms with Crippen LogP contribution in [0.1, 0.15) is 23.6 Å². The second-order valence-corrected chi connectivity index (χ2v) is 6.22. The molecule has 0 aliphatic carbocycles. The molecule has 1 unspecified atom stereocenters. The Morgan fingerprint density at radius 3 is 2.57 bits per heavy atom. The minimum absolute atomic E-state index is 0.337. The zero-order chi connectivity index (χ0) is 16.1. The lowest BCUT2D eigenvalue weighted by atomic mass is 10.00. The SMILES string of the molecule is CCc1ccc(OCC(O)CN2CCc3ccccc3C2)cc1. The van der Waals surface area contributed by atoms with E-state index in [0.717, 1.165) is 31.7 Å². The van der Waals surface area contributed by atoms with Gasteiger partial charge < -0.3 is 9.84 Å². The van der Waals surface area contributed by atoms with Crippen molar-refractivity contribution in [1.29, 1.82) is 0 Å². The molecule has 1 aliphatic rings. The van der Waals surface area contributed by atoms with Crippen LogP contribution in [-0.4, -0.2) is 35.8 Å². The molecule has 3 rings (SSSR count). The van der Waals surface area contributed by atoms with Crippen LogP contribution in [0.2, 0.25) is 0 Å². The molecule has 3 heteroatoms. The molecule has 2 aromatic rings. The van der Waals surface area contributed by atoms with Gasteiger partial charge in [-0.25, -0.2) is 0 Å². The molecule has 1 aliphatic heterocycles. The molecule has 0 amide bonds. The van der Waals surface area contributed by atoms with Gasteiger partial charge in [0.1, 0.15) is 18.5 Å². The highest BCUT2D eigenvalue weighted by molar-refractivity contribution is 5.29. The molecular formula is C20H25NO2. The number of hydrogen-bond acceptors (Lipinski definition) is 3. The Morgan fingerprint density at radius 1 is 1.09 bits per heavy atom. The van der Waals surface area contributed by atoms with Crippen LogP contribution in [0.15, 0.2) is 48.5 Å². The van der Waals surface area contributed by atoms with E-state index in [0.29, 0.717) is 13.2 Å². The zero-order valence-corrected chi connectivity index (χ0v) is 13.7. The molecule has 1 N–H and O–H groups in total. The summed E-state index contributed by atoms with van der Waals surface area (Å²) in [6, 6.07) is 16.7. The van der Waals surface area contributed by atoms with Gasteiger partial charge in [-0.2, -0.15) is 0 Å². The van der Waals surface area contributed by atoms with Crippen LogP contribution in [0, 0.1) is 0 Å². The van der Waals surface area contributed by atoms with E-state index < -0.39 is 6.10 Å². The topological polar surface area (TPSA) is 32.7 Å². The van der Waals surface area contributed by atoms with Crippen molar-refractivity contribution < 1.29 is 9.84 Å². The first kappa shape index (κ1) is 16.0. The molecule has 0 aromatic heterocycles. The second kappa shape index (κ2) is 7.62. The van der Waals surface area contributed by atoms with Crippen molar-refractivity contribution in [2.24, 2.45) is 0 Å². The summed E-state index contributed by atoms with van der Waals surface area (Å²) in [5.41, 5.74) is 4.11. The van der Waals surface area contributed by atoms with Gasteiger partial charge in [0.05, 0.1) is 0 Å². The van der Waals surface area contributed by atoms with Crippen molar-refractivity contribution in [2.75, 3.05) is 19.7 Å². The molecule has 3 nitrogen and oxygen atoms in total. The molecule has 1 heterocycles. The van der Waals surface area contributed by atoms with E-state index >= 15 is 0 Å². The number of fused-ring (bicyclic) bond motifs is 1. The van der Waals surface area contributed by atoms with Crippen molar-refractivity contribution in [2.45, 2.75) is 32.4 Å². The van der Waals surface area contributed by atoms with Crippen molar-refractivity contribution in [3.05, 3.63) is 65.2 Å². The van der Waals surface area contributed by atoms with Gasteiger partial charge in [0.25, 0.3) is 0 Å². The van der Waals surface area contributed by atoms with Crippen molar-refractivity contribution in [3.8, 4) is 5.75 Å². The Balaban J connectivity index is 1.47. The van der Waals surface area contributed by atoms with Gasteiger partial charge in [-0.05, 0) is 41.7 Å². The van der Waals surface area contributed by atoms with Gasteiger partial charge in [-0.3, -0.25) is 4.90 Å². The number of aliphatic hydroxyl groups excluding tert-OH is 1. The van der Waals surface area contributed by atoms with E-state index in [1.165, 1.54) is 16.7 Å². The molecule has 0 saturated carbocycles. The van der Waals surface area contributed by atoms with Crippen LogP contribution in [0.25, 0.3) is 0 Å². The number of ether oxygens (including phenoxy) is 1. The Bertz CT molecular complexity index is 624. The summed E-state index contributed by atoms with van der Waals surface area (Å²) in [7, 11) is 0. The summed E-state index contributed by atoms with van der Waals surface area (Å²) < 4.78 is 5.70. The van der Waals surface area contributed by atoms with Gasteiger partial charge in [0.15, 0.2) is 0 Å². The largest absolute Gasteiger partial charge is 0.491 e. The molecule has 1 atom stereocenters. The zero-order valence-electron chi connectivity index (χ0n) is 13.7. The molecule has 2 aromatic carbocycles. The Morgan fingerprint density at radius 2 is 1.83 bits per heavy atom. The smallest absolute Gasteiger partial charge is 0.119 e. The van der Waals surface area contributed by atoms with E-state index in [2.05, 4.69) is 48.2 Å². The number of hydrogen-bond donors (Lipinski definition) is 1. The summed E-state index contributed by atoms with van der Waals surface area (Å²) in [6.45, 7) is 5.04. The lowest BCUT2D eigenvalue weighted by Crippen LogP contribution is -2.38. The summed E-state index contributed by atoms with van der Waals surface area (Å²) in [5, 5.41) is 10.2. The predicted octanol–water partition coefficient (Wildman–Crippen LogP) is 3.05. The lowest BCUT2D eigenvalue weighted by Gasteiger charge is -2.30. The van der Waals surface area contributed by atoms with E-state index in [-0.39, 0.29) is 0 Å². The monoisotopic (exact) mass is 311 g/mol. The first-order valence-corrected chi connectivity index (χ1v) is 8.43. The highest BCUT2D eigenvalue weighted by Crippen LogP contribution is 2.19. The lowest BCUT2D eigenvalue weighted by molar-refractivity contribution is 0.0638. The number of benzene rings is 2. The van der Waals surface area contributed by atoms with Gasteiger partial charge in [-0.15, -0.1) is 0 Å². The minimum Gasteiger partial charge on any atom is -0.491 e.